The van der Waals surface area contributed by atoms with Gasteiger partial charge in [-0.2, -0.15) is 0 Å². The summed E-state index contributed by atoms with van der Waals surface area (Å²) in [5.74, 6) is 1.79. The van der Waals surface area contributed by atoms with Crippen molar-refractivity contribution in [3.8, 4) is 5.75 Å². The number of hydrogen-bond donors (Lipinski definition) is 1. The second-order valence-electron chi connectivity index (χ2n) is 5.65. The van der Waals surface area contributed by atoms with E-state index in [9.17, 15) is 0 Å². The molecule has 0 amide bonds. The molecule has 1 atom stereocenters. The summed E-state index contributed by atoms with van der Waals surface area (Å²) in [5.41, 5.74) is 2.94. The van der Waals surface area contributed by atoms with Gasteiger partial charge < -0.3 is 10.1 Å². The quantitative estimate of drug-likeness (QED) is 0.856. The van der Waals surface area contributed by atoms with Gasteiger partial charge in [0.15, 0.2) is 0 Å². The summed E-state index contributed by atoms with van der Waals surface area (Å²) in [5, 5.41) is 3.65. The van der Waals surface area contributed by atoms with Gasteiger partial charge in [0.05, 0.1) is 7.11 Å². The zero-order valence-electron chi connectivity index (χ0n) is 11.8. The van der Waals surface area contributed by atoms with Crippen LogP contribution < -0.4 is 10.1 Å². The predicted octanol–water partition coefficient (Wildman–Crippen LogP) is 3.71. The molecular formula is C16H25NO. The number of hydrogen-bond acceptors (Lipinski definition) is 2. The summed E-state index contributed by atoms with van der Waals surface area (Å²) in [6.07, 6.45) is 5.00. The zero-order chi connectivity index (χ0) is 13.0. The maximum Gasteiger partial charge on any atom is 0.119 e. The third kappa shape index (κ3) is 3.26. The molecule has 0 aromatic heterocycles. The Bertz CT molecular complexity index is 387. The molecule has 0 radical (unpaired) electrons. The maximum atomic E-state index is 5.31. The van der Waals surface area contributed by atoms with Crippen LogP contribution in [0.4, 0.5) is 0 Å². The minimum atomic E-state index is 0.540. The van der Waals surface area contributed by atoms with Crippen LogP contribution in [0.5, 0.6) is 5.75 Å². The normalized spacial score (nSPS) is 18.8. The average Bonchev–Trinajstić information content (AvgIpc) is 2.38. The van der Waals surface area contributed by atoms with Gasteiger partial charge in [-0.25, -0.2) is 0 Å². The zero-order valence-corrected chi connectivity index (χ0v) is 11.8. The van der Waals surface area contributed by atoms with Crippen LogP contribution in [0, 0.1) is 5.92 Å². The number of benzene rings is 1. The van der Waals surface area contributed by atoms with Crippen molar-refractivity contribution < 1.29 is 4.74 Å². The van der Waals surface area contributed by atoms with Crippen LogP contribution in [0.3, 0.4) is 0 Å². The molecule has 1 unspecified atom stereocenters. The highest BCUT2D eigenvalue weighted by atomic mass is 16.5. The molecular weight excluding hydrogens is 222 g/mol. The summed E-state index contributed by atoms with van der Waals surface area (Å²) in [6, 6.07) is 7.06. The van der Waals surface area contributed by atoms with E-state index in [4.69, 9.17) is 4.74 Å². The van der Waals surface area contributed by atoms with E-state index < -0.39 is 0 Å². The maximum absolute atomic E-state index is 5.31. The minimum Gasteiger partial charge on any atom is -0.497 e. The van der Waals surface area contributed by atoms with Gasteiger partial charge in [0.2, 0.25) is 0 Å². The lowest BCUT2D eigenvalue weighted by molar-refractivity contribution is 0.408. The highest BCUT2D eigenvalue weighted by Crippen LogP contribution is 2.30. The minimum absolute atomic E-state index is 0.540. The molecule has 1 aromatic rings. The lowest BCUT2D eigenvalue weighted by atomic mass is 9.90. The fourth-order valence-electron chi connectivity index (χ4n) is 2.74. The van der Waals surface area contributed by atoms with Crippen molar-refractivity contribution in [2.45, 2.75) is 45.6 Å². The lowest BCUT2D eigenvalue weighted by Gasteiger charge is -2.27. The number of fused-ring (bicyclic) bond motifs is 1. The first kappa shape index (κ1) is 13.4. The van der Waals surface area contributed by atoms with Gasteiger partial charge in [-0.15, -0.1) is 0 Å². The van der Waals surface area contributed by atoms with Crippen molar-refractivity contribution in [1.82, 2.24) is 5.32 Å². The van der Waals surface area contributed by atoms with Gasteiger partial charge in [-0.3, -0.25) is 0 Å². The lowest BCUT2D eigenvalue weighted by Crippen LogP contribution is -2.29. The Hall–Kier alpha value is -1.02. The first-order valence-electron chi connectivity index (χ1n) is 7.11. The van der Waals surface area contributed by atoms with Gasteiger partial charge in [-0.1, -0.05) is 32.8 Å². The van der Waals surface area contributed by atoms with Crippen LogP contribution in [-0.2, 0) is 6.42 Å². The predicted molar refractivity (Wildman–Crippen MR) is 76.1 cm³/mol. The van der Waals surface area contributed by atoms with E-state index in [1.807, 2.05) is 0 Å². The van der Waals surface area contributed by atoms with Gasteiger partial charge in [0.1, 0.15) is 5.75 Å². The van der Waals surface area contributed by atoms with E-state index in [1.165, 1.54) is 30.4 Å². The summed E-state index contributed by atoms with van der Waals surface area (Å²) in [4.78, 5) is 0. The highest BCUT2D eigenvalue weighted by Gasteiger charge is 2.19. The summed E-state index contributed by atoms with van der Waals surface area (Å²) >= 11 is 0. The second-order valence-corrected chi connectivity index (χ2v) is 5.65. The molecule has 0 spiro atoms. The molecule has 0 aliphatic carbocycles. The van der Waals surface area contributed by atoms with Crippen molar-refractivity contribution in [2.75, 3.05) is 13.7 Å². The molecule has 1 aliphatic rings. The van der Waals surface area contributed by atoms with Crippen molar-refractivity contribution >= 4 is 0 Å². The fraction of sp³-hybridized carbons (Fsp3) is 0.625. The Morgan fingerprint density at radius 1 is 1.39 bits per heavy atom. The molecule has 0 bridgehead atoms. The van der Waals surface area contributed by atoms with E-state index in [2.05, 4.69) is 37.4 Å². The summed E-state index contributed by atoms with van der Waals surface area (Å²) < 4.78 is 5.31. The Morgan fingerprint density at radius 3 is 2.94 bits per heavy atom. The monoisotopic (exact) mass is 247 g/mol. The standard InChI is InChI=1S/C16H25NO/c1-12(2)5-4-6-16-15-8-7-14(18-3)11-13(15)9-10-17-16/h7-8,11-12,16-17H,4-6,9-10H2,1-3H3. The van der Waals surface area contributed by atoms with Crippen molar-refractivity contribution in [1.29, 1.82) is 0 Å². The first-order valence-corrected chi connectivity index (χ1v) is 7.11. The van der Waals surface area contributed by atoms with Crippen LogP contribution in [-0.4, -0.2) is 13.7 Å². The largest absolute Gasteiger partial charge is 0.497 e. The Balaban J connectivity index is 2.03. The van der Waals surface area contributed by atoms with Gasteiger partial charge in [-0.05, 0) is 48.6 Å². The molecule has 100 valence electrons. The van der Waals surface area contributed by atoms with Crippen LogP contribution >= 0.6 is 0 Å². The van der Waals surface area contributed by atoms with Gasteiger partial charge >= 0.3 is 0 Å². The number of nitrogens with one attached hydrogen (secondary N) is 1. The summed E-state index contributed by atoms with van der Waals surface area (Å²) in [6.45, 7) is 5.69. The first-order chi connectivity index (χ1) is 8.70. The second kappa shape index (κ2) is 6.24. The molecule has 2 nitrogen and oxygen atoms in total. The molecule has 1 N–H and O–H groups in total. The average molecular weight is 247 g/mol. The van der Waals surface area contributed by atoms with E-state index >= 15 is 0 Å². The Kier molecular flexibility index (Phi) is 4.65. The number of methoxy groups -OCH3 is 1. The Labute approximate surface area is 111 Å². The van der Waals surface area contributed by atoms with Crippen LogP contribution in [0.2, 0.25) is 0 Å². The van der Waals surface area contributed by atoms with E-state index in [0.717, 1.165) is 24.6 Å². The van der Waals surface area contributed by atoms with Crippen LogP contribution in [0.1, 0.15) is 50.3 Å². The van der Waals surface area contributed by atoms with Crippen LogP contribution in [0.25, 0.3) is 0 Å². The molecule has 0 fully saturated rings. The molecule has 2 heteroatoms. The molecule has 1 heterocycles. The number of rotatable bonds is 5. The number of ether oxygens (including phenoxy) is 1. The highest BCUT2D eigenvalue weighted by molar-refractivity contribution is 5.39. The van der Waals surface area contributed by atoms with Gasteiger partial charge in [0, 0.05) is 6.04 Å². The molecule has 2 rings (SSSR count). The molecule has 1 aromatic carbocycles. The fourth-order valence-corrected chi connectivity index (χ4v) is 2.74. The molecule has 0 saturated heterocycles. The Morgan fingerprint density at radius 2 is 2.22 bits per heavy atom. The van der Waals surface area contributed by atoms with Gasteiger partial charge in [0.25, 0.3) is 0 Å². The third-order valence-corrected chi connectivity index (χ3v) is 3.78. The van der Waals surface area contributed by atoms with E-state index in [0.29, 0.717) is 6.04 Å². The van der Waals surface area contributed by atoms with E-state index in [1.54, 1.807) is 7.11 Å². The molecule has 0 saturated carbocycles. The van der Waals surface area contributed by atoms with Crippen molar-refractivity contribution in [3.05, 3.63) is 29.3 Å². The SMILES string of the molecule is COc1ccc2c(c1)CCNC2CCCC(C)C. The molecule has 18 heavy (non-hydrogen) atoms. The smallest absolute Gasteiger partial charge is 0.119 e. The summed E-state index contributed by atoms with van der Waals surface area (Å²) in [7, 11) is 1.74. The third-order valence-electron chi connectivity index (χ3n) is 3.78. The molecule has 1 aliphatic heterocycles. The van der Waals surface area contributed by atoms with Crippen molar-refractivity contribution in [3.63, 3.8) is 0 Å². The topological polar surface area (TPSA) is 21.3 Å². The van der Waals surface area contributed by atoms with E-state index in [-0.39, 0.29) is 0 Å². The van der Waals surface area contributed by atoms with Crippen LogP contribution in [0.15, 0.2) is 18.2 Å². The van der Waals surface area contributed by atoms with Crippen molar-refractivity contribution in [2.24, 2.45) is 5.92 Å².